The predicted octanol–water partition coefficient (Wildman–Crippen LogP) is 10.9. The second-order valence-electron chi connectivity index (χ2n) is 15.0. The molecule has 270 valence electrons. The van der Waals surface area contributed by atoms with Crippen LogP contribution >= 0.6 is 0 Å². The zero-order valence-corrected chi connectivity index (χ0v) is 30.7. The third kappa shape index (κ3) is 19.8. The molecule has 0 amide bonds. The minimum absolute atomic E-state index is 0.0279. The zero-order chi connectivity index (χ0) is 33.6. The summed E-state index contributed by atoms with van der Waals surface area (Å²) in [6.07, 6.45) is 34.0. The zero-order valence-electron chi connectivity index (χ0n) is 30.7. The van der Waals surface area contributed by atoms with E-state index in [1.807, 2.05) is 12.1 Å². The molecule has 1 rings (SSSR count). The topological polar surface area (TPSA) is 80.9 Å². The Kier molecular flexibility index (Phi) is 27.2. The molecule has 0 saturated carbocycles. The molecule has 0 unspecified atom stereocenters. The highest BCUT2D eigenvalue weighted by atomic mass is 16.3. The van der Waals surface area contributed by atoms with Gasteiger partial charge in [-0.05, 0) is 36.8 Å². The molecule has 0 radical (unpaired) electrons. The van der Waals surface area contributed by atoms with Crippen molar-refractivity contribution in [3.8, 4) is 0 Å². The van der Waals surface area contributed by atoms with Crippen LogP contribution < -0.4 is 0 Å². The first-order valence-corrected chi connectivity index (χ1v) is 20.0. The normalized spacial score (nSPS) is 12.3. The van der Waals surface area contributed by atoms with E-state index in [0.29, 0.717) is 12.8 Å². The smallest absolute Gasteiger partial charge is 0.0512 e. The highest BCUT2D eigenvalue weighted by molar-refractivity contribution is 5.29. The Labute approximate surface area is 286 Å². The molecule has 0 heterocycles. The minimum Gasteiger partial charge on any atom is -0.396 e. The molecule has 4 nitrogen and oxygen atoms in total. The monoisotopic (exact) mass is 647 g/mol. The predicted molar refractivity (Wildman–Crippen MR) is 198 cm³/mol. The van der Waals surface area contributed by atoms with Crippen molar-refractivity contribution in [1.82, 2.24) is 0 Å². The Morgan fingerprint density at radius 2 is 0.609 bits per heavy atom. The van der Waals surface area contributed by atoms with Gasteiger partial charge in [0.1, 0.15) is 0 Å². The summed E-state index contributed by atoms with van der Waals surface area (Å²) in [5.74, 6) is 0. The molecule has 0 aromatic heterocycles. The second kappa shape index (κ2) is 29.0. The van der Waals surface area contributed by atoms with Crippen molar-refractivity contribution in [3.05, 3.63) is 35.4 Å². The maximum atomic E-state index is 10.5. The van der Waals surface area contributed by atoms with Gasteiger partial charge in [0.2, 0.25) is 0 Å². The van der Waals surface area contributed by atoms with Crippen molar-refractivity contribution in [2.24, 2.45) is 10.8 Å². The van der Waals surface area contributed by atoms with Crippen LogP contribution in [0.2, 0.25) is 0 Å². The third-order valence-corrected chi connectivity index (χ3v) is 10.7. The summed E-state index contributed by atoms with van der Waals surface area (Å²) < 4.78 is 0. The lowest BCUT2D eigenvalue weighted by Gasteiger charge is -2.34. The van der Waals surface area contributed by atoms with Crippen LogP contribution in [0.1, 0.15) is 192 Å². The summed E-state index contributed by atoms with van der Waals surface area (Å²) in [6.45, 7) is 4.43. The summed E-state index contributed by atoms with van der Waals surface area (Å²) in [5.41, 5.74) is 1.19. The van der Waals surface area contributed by atoms with E-state index in [4.69, 9.17) is 0 Å². The summed E-state index contributed by atoms with van der Waals surface area (Å²) in [7, 11) is 0. The van der Waals surface area contributed by atoms with E-state index in [1.165, 1.54) is 128 Å². The maximum Gasteiger partial charge on any atom is 0.0512 e. The van der Waals surface area contributed by atoms with Gasteiger partial charge in [-0.15, -0.1) is 0 Å². The average Bonchev–Trinajstić information content (AvgIpc) is 3.09. The Bertz CT molecular complexity index is 721. The van der Waals surface area contributed by atoms with E-state index in [0.717, 1.165) is 49.7 Å². The quantitative estimate of drug-likeness (QED) is 0.0562. The molecule has 4 N–H and O–H groups in total. The largest absolute Gasteiger partial charge is 0.396 e. The van der Waals surface area contributed by atoms with Gasteiger partial charge in [-0.25, -0.2) is 0 Å². The molecule has 0 aliphatic rings. The van der Waals surface area contributed by atoms with E-state index in [9.17, 15) is 20.4 Å². The number of aliphatic hydroxyl groups excluding tert-OH is 4. The first-order valence-electron chi connectivity index (χ1n) is 20.0. The fourth-order valence-corrected chi connectivity index (χ4v) is 7.21. The summed E-state index contributed by atoms with van der Waals surface area (Å²) in [5, 5.41) is 41.9. The van der Waals surface area contributed by atoms with Gasteiger partial charge < -0.3 is 20.4 Å². The van der Waals surface area contributed by atoms with E-state index in [2.05, 4.69) is 26.0 Å². The van der Waals surface area contributed by atoms with Crippen LogP contribution in [0.25, 0.3) is 0 Å². The lowest BCUT2D eigenvalue weighted by molar-refractivity contribution is 0.0403. The fraction of sp³-hybridized carbons (Fsp3) is 0.857. The Balaban J connectivity index is 2.49. The molecule has 0 atom stereocenters. The van der Waals surface area contributed by atoms with Crippen LogP contribution in [0, 0.1) is 10.8 Å². The number of rotatable bonds is 34. The average molecular weight is 647 g/mol. The van der Waals surface area contributed by atoms with Gasteiger partial charge in [0.15, 0.2) is 0 Å². The van der Waals surface area contributed by atoms with E-state index in [1.54, 1.807) is 0 Å². The third-order valence-electron chi connectivity index (χ3n) is 10.7. The molecule has 0 bridgehead atoms. The second-order valence-corrected chi connectivity index (χ2v) is 15.0. The molecule has 0 aliphatic carbocycles. The van der Waals surface area contributed by atoms with Gasteiger partial charge in [0.05, 0.1) is 26.4 Å². The van der Waals surface area contributed by atoms with Crippen LogP contribution in [0.15, 0.2) is 24.3 Å². The number of benzene rings is 1. The van der Waals surface area contributed by atoms with Crippen molar-refractivity contribution in [2.45, 2.75) is 194 Å². The van der Waals surface area contributed by atoms with E-state index < -0.39 is 10.8 Å². The van der Waals surface area contributed by atoms with Crippen LogP contribution in [0.5, 0.6) is 0 Å². The van der Waals surface area contributed by atoms with Crippen molar-refractivity contribution >= 4 is 0 Å². The SMILES string of the molecule is CCCCCCCCCCCCCCC(CO)(CO)Cc1ccccc1CC(CO)(CO)CCCCCCCCCCCCCC. The van der Waals surface area contributed by atoms with Crippen molar-refractivity contribution in [2.75, 3.05) is 26.4 Å². The fourth-order valence-electron chi connectivity index (χ4n) is 7.21. The summed E-state index contributed by atoms with van der Waals surface area (Å²) in [4.78, 5) is 0. The first kappa shape index (κ1) is 43.1. The highest BCUT2D eigenvalue weighted by Gasteiger charge is 2.33. The van der Waals surface area contributed by atoms with Crippen LogP contribution in [0.3, 0.4) is 0 Å². The van der Waals surface area contributed by atoms with Gasteiger partial charge >= 0.3 is 0 Å². The first-order chi connectivity index (χ1) is 22.5. The standard InChI is InChI=1S/C42H78O4/c1-3-5-7-9-11-13-15-17-19-21-23-27-31-41(35-43,36-44)33-39-29-25-26-30-40(39)34-42(37-45,38-46)32-28-24-22-20-18-16-14-12-10-8-6-4-2/h25-26,29-30,43-46H,3-24,27-28,31-38H2,1-2H3. The van der Waals surface area contributed by atoms with Gasteiger partial charge in [0, 0.05) is 10.8 Å². The van der Waals surface area contributed by atoms with Crippen LogP contribution in [-0.4, -0.2) is 46.9 Å². The minimum atomic E-state index is -0.537. The lowest BCUT2D eigenvalue weighted by atomic mass is 9.74. The Morgan fingerprint density at radius 1 is 0.370 bits per heavy atom. The molecule has 0 fully saturated rings. The van der Waals surface area contributed by atoms with Gasteiger partial charge in [0.25, 0.3) is 0 Å². The molecule has 1 aromatic rings. The Hall–Kier alpha value is -0.940. The molecule has 0 aliphatic heterocycles. The van der Waals surface area contributed by atoms with Crippen molar-refractivity contribution < 1.29 is 20.4 Å². The van der Waals surface area contributed by atoms with E-state index in [-0.39, 0.29) is 26.4 Å². The van der Waals surface area contributed by atoms with Crippen LogP contribution in [0.4, 0.5) is 0 Å². The van der Waals surface area contributed by atoms with Crippen LogP contribution in [-0.2, 0) is 12.8 Å². The maximum absolute atomic E-state index is 10.5. The van der Waals surface area contributed by atoms with Gasteiger partial charge in [-0.1, -0.05) is 192 Å². The number of hydrogen-bond acceptors (Lipinski definition) is 4. The summed E-state index contributed by atoms with van der Waals surface area (Å²) >= 11 is 0. The molecule has 1 aromatic carbocycles. The Morgan fingerprint density at radius 3 is 0.848 bits per heavy atom. The summed E-state index contributed by atoms with van der Waals surface area (Å²) in [6, 6.07) is 8.29. The number of aliphatic hydroxyl groups is 4. The number of hydrogen-bond donors (Lipinski definition) is 4. The lowest BCUT2D eigenvalue weighted by Crippen LogP contribution is -2.35. The van der Waals surface area contributed by atoms with Gasteiger partial charge in [-0.3, -0.25) is 0 Å². The molecule has 0 spiro atoms. The highest BCUT2D eigenvalue weighted by Crippen LogP contribution is 2.35. The molecule has 4 heteroatoms. The molecular weight excluding hydrogens is 568 g/mol. The van der Waals surface area contributed by atoms with Crippen molar-refractivity contribution in [3.63, 3.8) is 0 Å². The molecule has 46 heavy (non-hydrogen) atoms. The van der Waals surface area contributed by atoms with Crippen molar-refractivity contribution in [1.29, 1.82) is 0 Å². The molecular formula is C42H78O4. The number of unbranched alkanes of at least 4 members (excludes halogenated alkanes) is 22. The molecule has 0 saturated heterocycles. The van der Waals surface area contributed by atoms with Gasteiger partial charge in [-0.2, -0.15) is 0 Å². The van der Waals surface area contributed by atoms with E-state index >= 15 is 0 Å².